The van der Waals surface area contributed by atoms with E-state index in [1.54, 1.807) is 6.07 Å². The maximum absolute atomic E-state index is 14.0. The number of rotatable bonds is 4. The molecule has 0 bridgehead atoms. The molecule has 1 aromatic carbocycles. The summed E-state index contributed by atoms with van der Waals surface area (Å²) in [5, 5.41) is 0. The minimum Gasteiger partial charge on any atom is -0.366 e. The van der Waals surface area contributed by atoms with Gasteiger partial charge < -0.3 is 14.7 Å². The summed E-state index contributed by atoms with van der Waals surface area (Å²) in [7, 11) is 0. The average Bonchev–Trinajstić information content (AvgIpc) is 2.74. The summed E-state index contributed by atoms with van der Waals surface area (Å²) in [4.78, 5) is 16.2. The molecule has 0 radical (unpaired) electrons. The lowest BCUT2D eigenvalue weighted by Crippen LogP contribution is -2.47. The number of hydrogen-bond acceptors (Lipinski definition) is 5. The minimum absolute atomic E-state index is 0.147. The summed E-state index contributed by atoms with van der Waals surface area (Å²) < 4.78 is 14.0. The van der Waals surface area contributed by atoms with Crippen molar-refractivity contribution < 1.29 is 4.39 Å². The highest BCUT2D eigenvalue weighted by atomic mass is 19.1. The van der Waals surface area contributed by atoms with Crippen LogP contribution in [0.2, 0.25) is 0 Å². The summed E-state index contributed by atoms with van der Waals surface area (Å²) in [5.74, 6) is 1.69. The van der Waals surface area contributed by atoms with Crippen LogP contribution in [0.3, 0.4) is 0 Å². The molecule has 2 fully saturated rings. The Hall–Kier alpha value is -2.37. The highest BCUT2D eigenvalue weighted by Crippen LogP contribution is 2.26. The van der Waals surface area contributed by atoms with Crippen molar-refractivity contribution in [3.8, 4) is 0 Å². The molecule has 0 spiro atoms. The standard InChI is InChI=1S/C21H28FN5/c1-2-17-7-5-6-12-27(17)21-23-11-10-20(24-21)26-15-13-25(14-16-26)19-9-4-3-8-18(19)22/h3-4,8-11,17H,2,5-7,12-16H2,1H3. The van der Waals surface area contributed by atoms with Crippen molar-refractivity contribution >= 4 is 17.5 Å². The van der Waals surface area contributed by atoms with E-state index in [-0.39, 0.29) is 5.82 Å². The molecule has 2 aliphatic heterocycles. The quantitative estimate of drug-likeness (QED) is 0.821. The van der Waals surface area contributed by atoms with E-state index in [2.05, 4.69) is 26.6 Å². The fraction of sp³-hybridized carbons (Fsp3) is 0.524. The van der Waals surface area contributed by atoms with Crippen LogP contribution < -0.4 is 14.7 Å². The van der Waals surface area contributed by atoms with Gasteiger partial charge >= 0.3 is 0 Å². The first-order valence-corrected chi connectivity index (χ1v) is 10.1. The van der Waals surface area contributed by atoms with Crippen molar-refractivity contribution in [2.75, 3.05) is 47.4 Å². The van der Waals surface area contributed by atoms with Crippen LogP contribution in [0.1, 0.15) is 32.6 Å². The van der Waals surface area contributed by atoms with Crippen LogP contribution in [0.5, 0.6) is 0 Å². The first-order chi connectivity index (χ1) is 13.3. The van der Waals surface area contributed by atoms with Crippen LogP contribution >= 0.6 is 0 Å². The number of nitrogens with zero attached hydrogens (tertiary/aromatic N) is 5. The number of halogens is 1. The van der Waals surface area contributed by atoms with Gasteiger partial charge in [-0.3, -0.25) is 0 Å². The molecule has 2 aliphatic rings. The largest absolute Gasteiger partial charge is 0.366 e. The zero-order valence-electron chi connectivity index (χ0n) is 16.0. The van der Waals surface area contributed by atoms with Crippen molar-refractivity contribution in [2.45, 2.75) is 38.6 Å². The maximum Gasteiger partial charge on any atom is 0.227 e. The zero-order chi connectivity index (χ0) is 18.6. The molecule has 2 saturated heterocycles. The highest BCUT2D eigenvalue weighted by Gasteiger charge is 2.25. The molecule has 27 heavy (non-hydrogen) atoms. The average molecular weight is 369 g/mol. The van der Waals surface area contributed by atoms with E-state index in [1.165, 1.54) is 25.3 Å². The van der Waals surface area contributed by atoms with Crippen LogP contribution in [0.15, 0.2) is 36.5 Å². The number of piperazine rings is 1. The molecule has 0 saturated carbocycles. The van der Waals surface area contributed by atoms with Gasteiger partial charge in [0.1, 0.15) is 11.6 Å². The summed E-state index contributed by atoms with van der Waals surface area (Å²) in [5.41, 5.74) is 0.694. The number of piperidine rings is 1. The van der Waals surface area contributed by atoms with E-state index in [0.717, 1.165) is 50.9 Å². The SMILES string of the molecule is CCC1CCCCN1c1nccc(N2CCN(c3ccccc3F)CC2)n1. The van der Waals surface area contributed by atoms with Crippen LogP contribution in [0, 0.1) is 5.82 Å². The topological polar surface area (TPSA) is 35.5 Å². The van der Waals surface area contributed by atoms with E-state index < -0.39 is 0 Å². The van der Waals surface area contributed by atoms with Crippen molar-refractivity contribution in [3.63, 3.8) is 0 Å². The van der Waals surface area contributed by atoms with Gasteiger partial charge in [0.15, 0.2) is 0 Å². The molecular formula is C21H28FN5. The maximum atomic E-state index is 14.0. The molecule has 2 aromatic rings. The lowest BCUT2D eigenvalue weighted by molar-refractivity contribution is 0.443. The zero-order valence-corrected chi connectivity index (χ0v) is 16.0. The Bertz CT molecular complexity index is 760. The van der Waals surface area contributed by atoms with E-state index in [9.17, 15) is 4.39 Å². The molecule has 144 valence electrons. The van der Waals surface area contributed by atoms with Gasteiger partial charge in [0.05, 0.1) is 5.69 Å². The number of anilines is 3. The van der Waals surface area contributed by atoms with Gasteiger partial charge in [-0.2, -0.15) is 4.98 Å². The third-order valence-corrected chi connectivity index (χ3v) is 5.78. The first-order valence-electron chi connectivity index (χ1n) is 10.1. The fourth-order valence-corrected chi connectivity index (χ4v) is 4.23. The second-order valence-corrected chi connectivity index (χ2v) is 7.39. The second-order valence-electron chi connectivity index (χ2n) is 7.39. The smallest absolute Gasteiger partial charge is 0.227 e. The normalized spacial score (nSPS) is 20.8. The van der Waals surface area contributed by atoms with Gasteiger partial charge in [0, 0.05) is 45.0 Å². The monoisotopic (exact) mass is 369 g/mol. The molecule has 0 aliphatic carbocycles. The molecular weight excluding hydrogens is 341 g/mol. The molecule has 1 aromatic heterocycles. The van der Waals surface area contributed by atoms with E-state index >= 15 is 0 Å². The van der Waals surface area contributed by atoms with Gasteiger partial charge in [-0.05, 0) is 43.9 Å². The van der Waals surface area contributed by atoms with E-state index in [1.807, 2.05) is 24.4 Å². The van der Waals surface area contributed by atoms with Crippen LogP contribution in [-0.4, -0.2) is 48.7 Å². The minimum atomic E-state index is -0.147. The molecule has 0 N–H and O–H groups in total. The molecule has 0 amide bonds. The van der Waals surface area contributed by atoms with Crippen LogP contribution in [-0.2, 0) is 0 Å². The van der Waals surface area contributed by atoms with Gasteiger partial charge in [0.25, 0.3) is 0 Å². The molecule has 1 unspecified atom stereocenters. The molecule has 6 heteroatoms. The number of benzene rings is 1. The number of aromatic nitrogens is 2. The van der Waals surface area contributed by atoms with Crippen molar-refractivity contribution in [2.24, 2.45) is 0 Å². The Morgan fingerprint density at radius 3 is 2.56 bits per heavy atom. The second kappa shape index (κ2) is 8.11. The molecule has 3 heterocycles. The van der Waals surface area contributed by atoms with Gasteiger partial charge in [-0.15, -0.1) is 0 Å². The third kappa shape index (κ3) is 3.84. The highest BCUT2D eigenvalue weighted by molar-refractivity contribution is 5.51. The van der Waals surface area contributed by atoms with Gasteiger partial charge in [0.2, 0.25) is 5.95 Å². The summed E-state index contributed by atoms with van der Waals surface area (Å²) in [6.45, 7) is 6.55. The summed E-state index contributed by atoms with van der Waals surface area (Å²) in [6, 6.07) is 9.56. The van der Waals surface area contributed by atoms with Gasteiger partial charge in [-0.1, -0.05) is 19.1 Å². The van der Waals surface area contributed by atoms with Gasteiger partial charge in [-0.25, -0.2) is 9.37 Å². The number of para-hydroxylation sites is 1. The van der Waals surface area contributed by atoms with Crippen molar-refractivity contribution in [1.29, 1.82) is 0 Å². The predicted octanol–water partition coefficient (Wildman–Crippen LogP) is 3.71. The Kier molecular flexibility index (Phi) is 5.41. The Labute approximate surface area is 160 Å². The Balaban J connectivity index is 1.45. The lowest BCUT2D eigenvalue weighted by Gasteiger charge is -2.38. The van der Waals surface area contributed by atoms with Crippen molar-refractivity contribution in [1.82, 2.24) is 9.97 Å². The lowest BCUT2D eigenvalue weighted by atomic mass is 10.0. The summed E-state index contributed by atoms with van der Waals surface area (Å²) in [6.07, 6.45) is 6.75. The predicted molar refractivity (Wildman–Crippen MR) is 108 cm³/mol. The van der Waals surface area contributed by atoms with Crippen LogP contribution in [0.4, 0.5) is 21.8 Å². The molecule has 1 atom stereocenters. The third-order valence-electron chi connectivity index (χ3n) is 5.78. The first kappa shape index (κ1) is 18.0. The molecule has 5 nitrogen and oxygen atoms in total. The number of hydrogen-bond donors (Lipinski definition) is 0. The fourth-order valence-electron chi connectivity index (χ4n) is 4.23. The van der Waals surface area contributed by atoms with E-state index in [4.69, 9.17) is 4.98 Å². The van der Waals surface area contributed by atoms with Crippen LogP contribution in [0.25, 0.3) is 0 Å². The summed E-state index contributed by atoms with van der Waals surface area (Å²) >= 11 is 0. The molecule has 4 rings (SSSR count). The Morgan fingerprint density at radius 2 is 1.78 bits per heavy atom. The van der Waals surface area contributed by atoms with E-state index in [0.29, 0.717) is 11.7 Å². The Morgan fingerprint density at radius 1 is 1.00 bits per heavy atom. The van der Waals surface area contributed by atoms with Crippen molar-refractivity contribution in [3.05, 3.63) is 42.3 Å².